The van der Waals surface area contributed by atoms with Gasteiger partial charge in [-0.3, -0.25) is 4.79 Å². The van der Waals surface area contributed by atoms with Crippen LogP contribution in [-0.4, -0.2) is 36.7 Å². The predicted molar refractivity (Wildman–Crippen MR) is 70.7 cm³/mol. The zero-order valence-corrected chi connectivity index (χ0v) is 11.4. The molecule has 2 unspecified atom stereocenters. The highest BCUT2D eigenvalue weighted by Crippen LogP contribution is 2.12. The summed E-state index contributed by atoms with van der Waals surface area (Å²) in [6, 6.07) is 5.08. The van der Waals surface area contributed by atoms with Crippen molar-refractivity contribution >= 4 is 11.9 Å². The number of carbonyl (C=O) groups excluding carboxylic acids is 1. The molecule has 5 nitrogen and oxygen atoms in total. The Balaban J connectivity index is 2.63. The van der Waals surface area contributed by atoms with Crippen LogP contribution in [0.15, 0.2) is 24.3 Å². The SMILES string of the molecule is COCC(NC(=O)C(C)Cc1ccccc1F)C(=O)O. The van der Waals surface area contributed by atoms with Crippen LogP contribution in [-0.2, 0) is 20.7 Å². The Labute approximate surface area is 116 Å². The fourth-order valence-electron chi connectivity index (χ4n) is 1.74. The lowest BCUT2D eigenvalue weighted by atomic mass is 9.99. The molecular formula is C14H18FNO4. The van der Waals surface area contributed by atoms with Gasteiger partial charge in [0.15, 0.2) is 6.04 Å². The minimum absolute atomic E-state index is 0.118. The number of amides is 1. The third-order valence-corrected chi connectivity index (χ3v) is 2.88. The Morgan fingerprint density at radius 2 is 2.05 bits per heavy atom. The van der Waals surface area contributed by atoms with Gasteiger partial charge in [-0.25, -0.2) is 9.18 Å². The normalized spacial score (nSPS) is 13.6. The Morgan fingerprint density at radius 3 is 2.60 bits per heavy atom. The lowest BCUT2D eigenvalue weighted by Crippen LogP contribution is -2.46. The average Bonchev–Trinajstić information content (AvgIpc) is 2.40. The van der Waals surface area contributed by atoms with Crippen LogP contribution in [0.25, 0.3) is 0 Å². The number of ether oxygens (including phenoxy) is 1. The van der Waals surface area contributed by atoms with E-state index in [1.807, 2.05) is 0 Å². The van der Waals surface area contributed by atoms with E-state index < -0.39 is 23.8 Å². The molecular weight excluding hydrogens is 265 g/mol. The maximum atomic E-state index is 13.5. The number of benzene rings is 1. The van der Waals surface area contributed by atoms with Crippen LogP contribution in [0.5, 0.6) is 0 Å². The summed E-state index contributed by atoms with van der Waals surface area (Å²) in [5, 5.41) is 11.3. The molecule has 0 heterocycles. The zero-order chi connectivity index (χ0) is 15.1. The number of hydrogen-bond acceptors (Lipinski definition) is 3. The van der Waals surface area contributed by atoms with Gasteiger partial charge in [0.1, 0.15) is 5.82 Å². The van der Waals surface area contributed by atoms with Crippen LogP contribution >= 0.6 is 0 Å². The summed E-state index contributed by atoms with van der Waals surface area (Å²) in [6.07, 6.45) is 0.206. The van der Waals surface area contributed by atoms with Gasteiger partial charge in [-0.2, -0.15) is 0 Å². The minimum atomic E-state index is -1.17. The number of aliphatic carboxylic acids is 1. The first-order valence-corrected chi connectivity index (χ1v) is 6.21. The average molecular weight is 283 g/mol. The lowest BCUT2D eigenvalue weighted by molar-refractivity contribution is -0.143. The molecule has 0 fully saturated rings. The topological polar surface area (TPSA) is 75.6 Å². The number of carbonyl (C=O) groups is 2. The molecule has 0 aliphatic rings. The largest absolute Gasteiger partial charge is 0.480 e. The van der Waals surface area contributed by atoms with Gasteiger partial charge in [0.05, 0.1) is 6.61 Å². The van der Waals surface area contributed by atoms with Crippen LogP contribution in [0.4, 0.5) is 4.39 Å². The molecule has 0 saturated heterocycles. The van der Waals surface area contributed by atoms with Crippen LogP contribution in [0, 0.1) is 11.7 Å². The minimum Gasteiger partial charge on any atom is -0.480 e. The maximum Gasteiger partial charge on any atom is 0.328 e. The van der Waals surface area contributed by atoms with E-state index in [1.165, 1.54) is 13.2 Å². The Kier molecular flexibility index (Phi) is 6.11. The van der Waals surface area contributed by atoms with Crippen LogP contribution in [0.3, 0.4) is 0 Å². The molecule has 1 aromatic carbocycles. The van der Waals surface area contributed by atoms with Crippen molar-refractivity contribution in [1.29, 1.82) is 0 Å². The molecule has 2 atom stereocenters. The van der Waals surface area contributed by atoms with Crippen molar-refractivity contribution in [3.8, 4) is 0 Å². The summed E-state index contributed by atoms with van der Waals surface area (Å²) in [5.74, 6) is -2.53. The molecule has 0 saturated carbocycles. The summed E-state index contributed by atoms with van der Waals surface area (Å²) in [5.41, 5.74) is 0.425. The van der Waals surface area contributed by atoms with Crippen LogP contribution < -0.4 is 5.32 Å². The van der Waals surface area contributed by atoms with Crippen molar-refractivity contribution in [3.05, 3.63) is 35.6 Å². The standard InChI is InChI=1S/C14H18FNO4/c1-9(7-10-5-3-4-6-11(10)15)13(17)16-12(8-20-2)14(18)19/h3-6,9,12H,7-8H2,1-2H3,(H,16,17)(H,18,19). The summed E-state index contributed by atoms with van der Waals surface area (Å²) >= 11 is 0. The molecule has 1 aromatic rings. The molecule has 6 heteroatoms. The van der Waals surface area contributed by atoms with Gasteiger partial charge >= 0.3 is 5.97 Å². The van der Waals surface area contributed by atoms with Gasteiger partial charge in [0, 0.05) is 13.0 Å². The number of hydrogen-bond donors (Lipinski definition) is 2. The molecule has 0 aliphatic heterocycles. The molecule has 0 aromatic heterocycles. The van der Waals surface area contributed by atoms with E-state index in [9.17, 15) is 14.0 Å². The second kappa shape index (κ2) is 7.59. The number of rotatable bonds is 7. The summed E-state index contributed by atoms with van der Waals surface area (Å²) in [6.45, 7) is 1.50. The number of nitrogens with one attached hydrogen (secondary N) is 1. The first kappa shape index (κ1) is 16.1. The molecule has 20 heavy (non-hydrogen) atoms. The Morgan fingerprint density at radius 1 is 1.40 bits per heavy atom. The summed E-state index contributed by atoms with van der Waals surface area (Å²) in [4.78, 5) is 22.8. The predicted octanol–water partition coefficient (Wildman–Crippen LogP) is 1.22. The highest BCUT2D eigenvalue weighted by atomic mass is 19.1. The van der Waals surface area contributed by atoms with Crippen molar-refractivity contribution in [2.45, 2.75) is 19.4 Å². The van der Waals surface area contributed by atoms with Crippen LogP contribution in [0.1, 0.15) is 12.5 Å². The second-order valence-electron chi connectivity index (χ2n) is 4.55. The highest BCUT2D eigenvalue weighted by Gasteiger charge is 2.23. The third-order valence-electron chi connectivity index (χ3n) is 2.88. The number of carboxylic acids is 1. The van der Waals surface area contributed by atoms with Gasteiger partial charge in [0.25, 0.3) is 0 Å². The van der Waals surface area contributed by atoms with Gasteiger partial charge in [-0.05, 0) is 18.1 Å². The van der Waals surface area contributed by atoms with Crippen molar-refractivity contribution in [2.75, 3.05) is 13.7 Å². The number of halogens is 1. The van der Waals surface area contributed by atoms with Gasteiger partial charge in [-0.15, -0.1) is 0 Å². The molecule has 0 radical (unpaired) electrons. The maximum absolute atomic E-state index is 13.5. The van der Waals surface area contributed by atoms with Crippen molar-refractivity contribution in [2.24, 2.45) is 5.92 Å². The third kappa shape index (κ3) is 4.62. The fourth-order valence-corrected chi connectivity index (χ4v) is 1.74. The van der Waals surface area contributed by atoms with Crippen molar-refractivity contribution in [3.63, 3.8) is 0 Å². The smallest absolute Gasteiger partial charge is 0.328 e. The first-order valence-electron chi connectivity index (χ1n) is 6.21. The van der Waals surface area contributed by atoms with Crippen molar-refractivity contribution < 1.29 is 23.8 Å². The quantitative estimate of drug-likeness (QED) is 0.789. The lowest BCUT2D eigenvalue weighted by Gasteiger charge is -2.17. The van der Waals surface area contributed by atoms with E-state index in [1.54, 1.807) is 25.1 Å². The fraction of sp³-hybridized carbons (Fsp3) is 0.429. The van der Waals surface area contributed by atoms with Crippen LogP contribution in [0.2, 0.25) is 0 Å². The monoisotopic (exact) mass is 283 g/mol. The van der Waals surface area contributed by atoms with E-state index in [0.29, 0.717) is 5.56 Å². The van der Waals surface area contributed by atoms with E-state index in [4.69, 9.17) is 9.84 Å². The van der Waals surface area contributed by atoms with E-state index in [-0.39, 0.29) is 18.8 Å². The number of carboxylic acid groups (broad SMARTS) is 1. The molecule has 0 aliphatic carbocycles. The molecule has 0 bridgehead atoms. The molecule has 0 spiro atoms. The Bertz CT molecular complexity index is 478. The first-order chi connectivity index (χ1) is 9.45. The molecule has 1 rings (SSSR count). The van der Waals surface area contributed by atoms with Gasteiger partial charge in [-0.1, -0.05) is 25.1 Å². The number of methoxy groups -OCH3 is 1. The van der Waals surface area contributed by atoms with E-state index in [0.717, 1.165) is 0 Å². The second-order valence-corrected chi connectivity index (χ2v) is 4.55. The van der Waals surface area contributed by atoms with Gasteiger partial charge < -0.3 is 15.2 Å². The molecule has 2 N–H and O–H groups in total. The molecule has 110 valence electrons. The van der Waals surface area contributed by atoms with E-state index >= 15 is 0 Å². The highest BCUT2D eigenvalue weighted by molar-refractivity contribution is 5.85. The summed E-state index contributed by atoms with van der Waals surface area (Å²) in [7, 11) is 1.35. The van der Waals surface area contributed by atoms with E-state index in [2.05, 4.69) is 5.32 Å². The zero-order valence-electron chi connectivity index (χ0n) is 11.4. The van der Waals surface area contributed by atoms with Gasteiger partial charge in [0.2, 0.25) is 5.91 Å². The van der Waals surface area contributed by atoms with Crippen molar-refractivity contribution in [1.82, 2.24) is 5.32 Å². The summed E-state index contributed by atoms with van der Waals surface area (Å²) < 4.78 is 18.2. The molecule has 1 amide bonds. The Hall–Kier alpha value is -1.95.